The average Bonchev–Trinajstić information content (AvgIpc) is 2.45. The van der Waals surface area contributed by atoms with E-state index < -0.39 is 0 Å². The number of rotatable bonds is 5. The molecule has 0 saturated carbocycles. The predicted octanol–water partition coefficient (Wildman–Crippen LogP) is 4.80. The fourth-order valence-corrected chi connectivity index (χ4v) is 2.26. The molecule has 0 aromatic heterocycles. The first-order valence-electron chi connectivity index (χ1n) is 6.66. The first-order valence-corrected chi connectivity index (χ1v) is 7.45. The molecule has 0 heterocycles. The Morgan fingerprint density at radius 3 is 2.62 bits per heavy atom. The van der Waals surface area contributed by atoms with E-state index >= 15 is 0 Å². The molecule has 0 aliphatic heterocycles. The minimum Gasteiger partial charge on any atom is -0.457 e. The minimum atomic E-state index is -0.366. The third kappa shape index (κ3) is 4.25. The van der Waals surface area contributed by atoms with Gasteiger partial charge in [0.25, 0.3) is 0 Å². The molecule has 2 aromatic rings. The van der Waals surface area contributed by atoms with E-state index in [9.17, 15) is 8.78 Å². The van der Waals surface area contributed by atoms with Gasteiger partial charge >= 0.3 is 0 Å². The summed E-state index contributed by atoms with van der Waals surface area (Å²) >= 11 is 3.11. The molecule has 0 radical (unpaired) electrons. The Morgan fingerprint density at radius 1 is 1.19 bits per heavy atom. The molecule has 112 valence electrons. The lowest BCUT2D eigenvalue weighted by Gasteiger charge is -2.14. The Hall–Kier alpha value is -1.46. The van der Waals surface area contributed by atoms with Gasteiger partial charge in [0.2, 0.25) is 0 Å². The molecule has 0 saturated heterocycles. The van der Waals surface area contributed by atoms with E-state index in [1.807, 2.05) is 6.92 Å². The van der Waals surface area contributed by atoms with Crippen molar-refractivity contribution in [1.82, 2.24) is 0 Å². The van der Waals surface area contributed by atoms with Crippen LogP contribution in [0.2, 0.25) is 0 Å². The standard InChI is InChI=1S/C16H16BrF2NO/c1-2-12(20)8-10-7-11(18)3-6-16(10)21-13-4-5-15(19)14(17)9-13/h3-7,9,12H,2,8,20H2,1H3. The van der Waals surface area contributed by atoms with Gasteiger partial charge in [-0.25, -0.2) is 8.78 Å². The van der Waals surface area contributed by atoms with Crippen LogP contribution in [0, 0.1) is 11.6 Å². The van der Waals surface area contributed by atoms with Crippen LogP contribution in [-0.4, -0.2) is 6.04 Å². The lowest BCUT2D eigenvalue weighted by Crippen LogP contribution is -2.21. The highest BCUT2D eigenvalue weighted by Gasteiger charge is 2.11. The van der Waals surface area contributed by atoms with Crippen molar-refractivity contribution in [3.8, 4) is 11.5 Å². The molecule has 21 heavy (non-hydrogen) atoms. The summed E-state index contributed by atoms with van der Waals surface area (Å²) in [6.07, 6.45) is 1.31. The molecule has 0 aliphatic carbocycles. The molecule has 1 atom stereocenters. The lowest BCUT2D eigenvalue weighted by molar-refractivity contribution is 0.467. The van der Waals surface area contributed by atoms with Crippen LogP contribution in [0.5, 0.6) is 11.5 Å². The van der Waals surface area contributed by atoms with Crippen molar-refractivity contribution >= 4 is 15.9 Å². The lowest BCUT2D eigenvalue weighted by atomic mass is 10.0. The van der Waals surface area contributed by atoms with Crippen molar-refractivity contribution in [2.75, 3.05) is 0 Å². The minimum absolute atomic E-state index is 0.0610. The molecule has 2 rings (SSSR count). The predicted molar refractivity (Wildman–Crippen MR) is 82.5 cm³/mol. The Morgan fingerprint density at radius 2 is 1.95 bits per heavy atom. The highest BCUT2D eigenvalue weighted by Crippen LogP contribution is 2.29. The van der Waals surface area contributed by atoms with Crippen LogP contribution >= 0.6 is 15.9 Å². The van der Waals surface area contributed by atoms with Gasteiger partial charge in [-0.3, -0.25) is 0 Å². The van der Waals surface area contributed by atoms with Gasteiger partial charge in [0.05, 0.1) is 4.47 Å². The van der Waals surface area contributed by atoms with Gasteiger partial charge in [-0.1, -0.05) is 6.92 Å². The Balaban J connectivity index is 2.28. The van der Waals surface area contributed by atoms with Gasteiger partial charge in [-0.2, -0.15) is 0 Å². The summed E-state index contributed by atoms with van der Waals surface area (Å²) in [6, 6.07) is 8.60. The molecule has 5 heteroatoms. The van der Waals surface area contributed by atoms with Crippen LogP contribution in [0.25, 0.3) is 0 Å². The Kier molecular flexibility index (Phi) is 5.31. The van der Waals surface area contributed by atoms with E-state index in [1.54, 1.807) is 6.07 Å². The molecule has 0 spiro atoms. The molecular formula is C16H16BrF2NO. The fourth-order valence-electron chi connectivity index (χ4n) is 1.90. The second-order valence-corrected chi connectivity index (χ2v) is 5.66. The summed E-state index contributed by atoms with van der Waals surface area (Å²) < 4.78 is 32.7. The van der Waals surface area contributed by atoms with Crippen LogP contribution in [0.1, 0.15) is 18.9 Å². The topological polar surface area (TPSA) is 35.2 Å². The number of hydrogen-bond acceptors (Lipinski definition) is 2. The summed E-state index contributed by atoms with van der Waals surface area (Å²) in [4.78, 5) is 0. The van der Waals surface area contributed by atoms with Crippen LogP contribution in [0.4, 0.5) is 8.78 Å². The number of halogens is 3. The zero-order valence-electron chi connectivity index (χ0n) is 11.6. The maximum absolute atomic E-state index is 13.4. The maximum atomic E-state index is 13.4. The second-order valence-electron chi connectivity index (χ2n) is 4.80. The van der Waals surface area contributed by atoms with Gasteiger partial charge in [0.1, 0.15) is 23.1 Å². The summed E-state index contributed by atoms with van der Waals surface area (Å²) in [5, 5.41) is 0. The monoisotopic (exact) mass is 355 g/mol. The van der Waals surface area contributed by atoms with E-state index in [2.05, 4.69) is 15.9 Å². The molecule has 0 bridgehead atoms. The van der Waals surface area contributed by atoms with Crippen LogP contribution in [0.3, 0.4) is 0 Å². The van der Waals surface area contributed by atoms with Crippen molar-refractivity contribution in [3.63, 3.8) is 0 Å². The van der Waals surface area contributed by atoms with E-state index in [1.165, 1.54) is 30.3 Å². The SMILES string of the molecule is CCC(N)Cc1cc(F)ccc1Oc1ccc(F)c(Br)c1. The van der Waals surface area contributed by atoms with Crippen molar-refractivity contribution in [3.05, 3.63) is 58.1 Å². The van der Waals surface area contributed by atoms with Crippen molar-refractivity contribution in [2.24, 2.45) is 5.73 Å². The second kappa shape index (κ2) is 7.00. The van der Waals surface area contributed by atoms with Gasteiger partial charge in [-0.15, -0.1) is 0 Å². The smallest absolute Gasteiger partial charge is 0.137 e. The number of ether oxygens (including phenoxy) is 1. The van der Waals surface area contributed by atoms with E-state index in [4.69, 9.17) is 10.5 Å². The van der Waals surface area contributed by atoms with E-state index in [-0.39, 0.29) is 17.7 Å². The van der Waals surface area contributed by atoms with Crippen LogP contribution in [0.15, 0.2) is 40.9 Å². The zero-order valence-corrected chi connectivity index (χ0v) is 13.2. The van der Waals surface area contributed by atoms with Crippen LogP contribution in [-0.2, 0) is 6.42 Å². The van der Waals surface area contributed by atoms with Gasteiger partial charge < -0.3 is 10.5 Å². The largest absolute Gasteiger partial charge is 0.457 e. The molecule has 0 aliphatic rings. The summed E-state index contributed by atoms with van der Waals surface area (Å²) in [7, 11) is 0. The van der Waals surface area contributed by atoms with E-state index in [0.717, 1.165) is 6.42 Å². The number of hydrogen-bond donors (Lipinski definition) is 1. The van der Waals surface area contributed by atoms with Crippen LogP contribution < -0.4 is 10.5 Å². The zero-order chi connectivity index (χ0) is 15.4. The normalized spacial score (nSPS) is 12.2. The maximum Gasteiger partial charge on any atom is 0.137 e. The molecule has 1 unspecified atom stereocenters. The molecule has 2 aromatic carbocycles. The van der Waals surface area contributed by atoms with Gasteiger partial charge in [0, 0.05) is 6.04 Å². The number of benzene rings is 2. The summed E-state index contributed by atoms with van der Waals surface area (Å²) in [5.74, 6) is 0.302. The van der Waals surface area contributed by atoms with Gasteiger partial charge in [0.15, 0.2) is 0 Å². The molecule has 2 N–H and O–H groups in total. The highest BCUT2D eigenvalue weighted by molar-refractivity contribution is 9.10. The molecule has 0 fully saturated rings. The first kappa shape index (κ1) is 15.9. The van der Waals surface area contributed by atoms with Crippen molar-refractivity contribution in [1.29, 1.82) is 0 Å². The number of nitrogens with two attached hydrogens (primary N) is 1. The molecular weight excluding hydrogens is 340 g/mol. The average molecular weight is 356 g/mol. The molecule has 2 nitrogen and oxygen atoms in total. The van der Waals surface area contributed by atoms with Gasteiger partial charge in [-0.05, 0) is 70.7 Å². The summed E-state index contributed by atoms with van der Waals surface area (Å²) in [6.45, 7) is 1.97. The first-order chi connectivity index (χ1) is 9.99. The Labute approximate surface area is 131 Å². The van der Waals surface area contributed by atoms with Crippen molar-refractivity contribution in [2.45, 2.75) is 25.8 Å². The summed E-state index contributed by atoms with van der Waals surface area (Å²) in [5.41, 5.74) is 6.63. The quantitative estimate of drug-likeness (QED) is 0.835. The van der Waals surface area contributed by atoms with E-state index in [0.29, 0.717) is 28.0 Å². The Bertz CT molecular complexity index is 634. The highest BCUT2D eigenvalue weighted by atomic mass is 79.9. The molecule has 0 amide bonds. The third-order valence-electron chi connectivity index (χ3n) is 3.15. The van der Waals surface area contributed by atoms with Crippen molar-refractivity contribution < 1.29 is 13.5 Å². The fraction of sp³-hybridized carbons (Fsp3) is 0.250. The third-order valence-corrected chi connectivity index (χ3v) is 3.76.